The number of nitrogens with zero attached hydrogens (tertiary/aromatic N) is 2. The molecule has 0 saturated carbocycles. The number of aromatic nitrogens is 1. The molecule has 1 amide bonds. The van der Waals surface area contributed by atoms with Crippen molar-refractivity contribution in [1.82, 2.24) is 10.3 Å². The summed E-state index contributed by atoms with van der Waals surface area (Å²) in [4.78, 5) is 31.1. The average Bonchev–Trinajstić information content (AvgIpc) is 3.47. The number of benzene rings is 4. The number of rotatable bonds is 10. The predicted octanol–water partition coefficient (Wildman–Crippen LogP) is 6.85. The second kappa shape index (κ2) is 12.5. The molecule has 4 aromatic carbocycles. The van der Waals surface area contributed by atoms with Crippen LogP contribution < -0.4 is 10.2 Å². The summed E-state index contributed by atoms with van der Waals surface area (Å²) in [5.41, 5.74) is 3.60. The molecule has 5 aromatic rings. The normalized spacial score (nSPS) is 11.6. The number of carboxylic acid groups (broad SMARTS) is 1. The van der Waals surface area contributed by atoms with Gasteiger partial charge in [0.25, 0.3) is 5.91 Å². The number of anilines is 2. The Morgan fingerprint density at radius 1 is 0.854 bits per heavy atom. The van der Waals surface area contributed by atoms with Crippen molar-refractivity contribution in [2.24, 2.45) is 0 Å². The zero-order valence-corrected chi connectivity index (χ0v) is 22.5. The molecular formula is C32H25F2N3O3S. The molecule has 0 aliphatic carbocycles. The van der Waals surface area contributed by atoms with Crippen LogP contribution in [-0.4, -0.2) is 28.0 Å². The molecule has 0 bridgehead atoms. The third-order valence-electron chi connectivity index (χ3n) is 6.45. The number of hydrogen-bond acceptors (Lipinski definition) is 5. The Morgan fingerprint density at radius 2 is 1.54 bits per heavy atom. The van der Waals surface area contributed by atoms with Crippen molar-refractivity contribution in [2.75, 3.05) is 4.90 Å². The Hall–Kier alpha value is -4.89. The number of hydrogen-bond donors (Lipinski definition) is 2. The molecule has 1 unspecified atom stereocenters. The van der Waals surface area contributed by atoms with Crippen molar-refractivity contribution in [3.05, 3.63) is 137 Å². The third-order valence-corrected chi connectivity index (χ3v) is 7.31. The molecule has 9 heteroatoms. The maximum Gasteiger partial charge on any atom is 0.326 e. The highest BCUT2D eigenvalue weighted by molar-refractivity contribution is 7.14. The van der Waals surface area contributed by atoms with Gasteiger partial charge in [-0.05, 0) is 59.7 Å². The predicted molar refractivity (Wildman–Crippen MR) is 155 cm³/mol. The molecule has 206 valence electrons. The Kier molecular flexibility index (Phi) is 8.45. The molecule has 0 saturated heterocycles. The first-order valence-electron chi connectivity index (χ1n) is 12.8. The molecule has 0 spiro atoms. The van der Waals surface area contributed by atoms with Gasteiger partial charge in [0.15, 0.2) is 5.13 Å². The molecular weight excluding hydrogens is 544 g/mol. The first-order valence-corrected chi connectivity index (χ1v) is 13.7. The highest BCUT2D eigenvalue weighted by Crippen LogP contribution is 2.34. The molecule has 0 radical (unpaired) electrons. The van der Waals surface area contributed by atoms with E-state index >= 15 is 0 Å². The van der Waals surface area contributed by atoms with Gasteiger partial charge in [-0.15, -0.1) is 11.3 Å². The zero-order chi connectivity index (χ0) is 28.8. The van der Waals surface area contributed by atoms with Crippen LogP contribution in [0.4, 0.5) is 19.6 Å². The molecule has 1 aromatic heterocycles. The van der Waals surface area contributed by atoms with E-state index in [1.165, 1.54) is 29.5 Å². The van der Waals surface area contributed by atoms with Gasteiger partial charge in [-0.25, -0.2) is 18.6 Å². The summed E-state index contributed by atoms with van der Waals surface area (Å²) in [5, 5.41) is 14.6. The quantitative estimate of drug-likeness (QED) is 0.192. The molecule has 5 rings (SSSR count). The summed E-state index contributed by atoms with van der Waals surface area (Å²) in [6.07, 6.45) is 0.158. The van der Waals surface area contributed by atoms with Gasteiger partial charge in [0.2, 0.25) is 0 Å². The minimum atomic E-state index is -1.12. The first kappa shape index (κ1) is 27.7. The molecule has 41 heavy (non-hydrogen) atoms. The largest absolute Gasteiger partial charge is 0.480 e. The van der Waals surface area contributed by atoms with Crippen LogP contribution in [0.25, 0.3) is 11.3 Å². The topological polar surface area (TPSA) is 82.5 Å². The highest BCUT2D eigenvalue weighted by atomic mass is 32.1. The number of carboxylic acids is 1. The first-order chi connectivity index (χ1) is 19.9. The second-order valence-electron chi connectivity index (χ2n) is 9.31. The van der Waals surface area contributed by atoms with Crippen LogP contribution in [-0.2, 0) is 17.8 Å². The van der Waals surface area contributed by atoms with Crippen LogP contribution >= 0.6 is 11.3 Å². The number of halogens is 2. The lowest BCUT2D eigenvalue weighted by molar-refractivity contribution is -0.139. The SMILES string of the molecule is O=C(NC(Cc1ccccc1)C(=O)O)c1ccc(CN(c2nc(-c3ccc(F)cc3)cs2)c2ccccc2F)cc1. The minimum absolute atomic E-state index is 0.158. The second-order valence-corrected chi connectivity index (χ2v) is 10.1. The molecule has 1 heterocycles. The van der Waals surface area contributed by atoms with Gasteiger partial charge >= 0.3 is 5.97 Å². The molecule has 2 N–H and O–H groups in total. The smallest absolute Gasteiger partial charge is 0.326 e. The summed E-state index contributed by atoms with van der Waals surface area (Å²) in [7, 11) is 0. The summed E-state index contributed by atoms with van der Waals surface area (Å²) in [6.45, 7) is 0.255. The Labute approximate surface area is 239 Å². The maximum atomic E-state index is 14.9. The standard InChI is InChI=1S/C32H25F2N3O3S/c33-25-16-14-23(15-17-25)28-20-41-32(36-28)37(29-9-5-4-8-26(29)34)19-22-10-12-24(13-11-22)30(38)35-27(31(39)40)18-21-6-2-1-3-7-21/h1-17,20,27H,18-19H2,(H,35,38)(H,39,40). The average molecular weight is 570 g/mol. The van der Waals surface area contributed by atoms with Gasteiger partial charge in [-0.1, -0.05) is 54.6 Å². The fourth-order valence-corrected chi connectivity index (χ4v) is 5.15. The molecule has 1 atom stereocenters. The van der Waals surface area contributed by atoms with E-state index < -0.39 is 23.7 Å². The monoisotopic (exact) mass is 569 g/mol. The molecule has 0 aliphatic heterocycles. The van der Waals surface area contributed by atoms with E-state index in [1.54, 1.807) is 59.5 Å². The Bertz CT molecular complexity index is 1640. The number of para-hydroxylation sites is 1. The number of thiazole rings is 1. The van der Waals surface area contributed by atoms with E-state index in [4.69, 9.17) is 0 Å². The lowest BCUT2D eigenvalue weighted by atomic mass is 10.1. The number of amides is 1. The summed E-state index contributed by atoms with van der Waals surface area (Å²) >= 11 is 1.33. The molecule has 0 aliphatic rings. The van der Waals surface area contributed by atoms with Crippen LogP contribution in [0.5, 0.6) is 0 Å². The van der Waals surface area contributed by atoms with Gasteiger partial charge in [0.1, 0.15) is 17.7 Å². The minimum Gasteiger partial charge on any atom is -0.480 e. The summed E-state index contributed by atoms with van der Waals surface area (Å²) < 4.78 is 28.3. The number of aliphatic carboxylic acids is 1. The fourth-order valence-electron chi connectivity index (χ4n) is 4.30. The van der Waals surface area contributed by atoms with Crippen LogP contribution in [0, 0.1) is 11.6 Å². The van der Waals surface area contributed by atoms with Crippen LogP contribution in [0.1, 0.15) is 21.5 Å². The molecule has 6 nitrogen and oxygen atoms in total. The van der Waals surface area contributed by atoms with Crippen molar-refractivity contribution in [3.63, 3.8) is 0 Å². The van der Waals surface area contributed by atoms with Crippen molar-refractivity contribution in [2.45, 2.75) is 19.0 Å². The van der Waals surface area contributed by atoms with E-state index in [0.29, 0.717) is 22.1 Å². The van der Waals surface area contributed by atoms with E-state index in [9.17, 15) is 23.5 Å². The highest BCUT2D eigenvalue weighted by Gasteiger charge is 2.22. The van der Waals surface area contributed by atoms with Crippen molar-refractivity contribution in [3.8, 4) is 11.3 Å². The summed E-state index contributed by atoms with van der Waals surface area (Å²) in [6, 6.07) is 27.1. The lowest BCUT2D eigenvalue weighted by Crippen LogP contribution is -2.42. The van der Waals surface area contributed by atoms with E-state index in [2.05, 4.69) is 10.3 Å². The van der Waals surface area contributed by atoms with E-state index in [1.807, 2.05) is 35.7 Å². The number of nitrogens with one attached hydrogen (secondary N) is 1. The van der Waals surface area contributed by atoms with Gasteiger partial charge in [-0.2, -0.15) is 0 Å². The zero-order valence-electron chi connectivity index (χ0n) is 21.7. The van der Waals surface area contributed by atoms with Gasteiger partial charge in [0.05, 0.1) is 17.9 Å². The van der Waals surface area contributed by atoms with Gasteiger partial charge < -0.3 is 15.3 Å². The lowest BCUT2D eigenvalue weighted by Gasteiger charge is -2.23. The molecule has 0 fully saturated rings. The van der Waals surface area contributed by atoms with Crippen molar-refractivity contribution < 1.29 is 23.5 Å². The maximum absolute atomic E-state index is 14.9. The van der Waals surface area contributed by atoms with E-state index in [-0.39, 0.29) is 18.8 Å². The van der Waals surface area contributed by atoms with Crippen molar-refractivity contribution >= 4 is 34.0 Å². The number of carbonyl (C=O) groups is 2. The van der Waals surface area contributed by atoms with Crippen LogP contribution in [0.2, 0.25) is 0 Å². The third kappa shape index (κ3) is 6.82. The van der Waals surface area contributed by atoms with Gasteiger partial charge in [0, 0.05) is 22.9 Å². The summed E-state index contributed by atoms with van der Waals surface area (Å²) in [5.74, 6) is -2.39. The van der Waals surface area contributed by atoms with E-state index in [0.717, 1.165) is 16.7 Å². The Morgan fingerprint density at radius 3 is 2.22 bits per heavy atom. The van der Waals surface area contributed by atoms with Crippen molar-refractivity contribution in [1.29, 1.82) is 0 Å². The van der Waals surface area contributed by atoms with Crippen LogP contribution in [0.15, 0.2) is 109 Å². The van der Waals surface area contributed by atoms with Crippen LogP contribution in [0.3, 0.4) is 0 Å². The number of carbonyl (C=O) groups excluding carboxylic acids is 1. The van der Waals surface area contributed by atoms with Gasteiger partial charge in [-0.3, -0.25) is 4.79 Å². The fraction of sp³-hybridized carbons (Fsp3) is 0.0938. The Balaban J connectivity index is 1.35.